The lowest BCUT2D eigenvalue weighted by atomic mass is 10.0. The van der Waals surface area contributed by atoms with Crippen LogP contribution in [0.25, 0.3) is 0 Å². The van der Waals surface area contributed by atoms with Gasteiger partial charge in [0.15, 0.2) is 0 Å². The van der Waals surface area contributed by atoms with Gasteiger partial charge in [0.2, 0.25) is 5.95 Å². The van der Waals surface area contributed by atoms with Crippen molar-refractivity contribution in [2.75, 3.05) is 24.6 Å². The summed E-state index contributed by atoms with van der Waals surface area (Å²) in [6, 6.07) is 15.7. The summed E-state index contributed by atoms with van der Waals surface area (Å²) in [7, 11) is 0. The number of ether oxygens (including phenoxy) is 1. The molecule has 7 nitrogen and oxygen atoms in total. The van der Waals surface area contributed by atoms with Gasteiger partial charge < -0.3 is 20.5 Å². The molecule has 172 valence electrons. The van der Waals surface area contributed by atoms with Gasteiger partial charge in [-0.05, 0) is 61.1 Å². The third-order valence-electron chi connectivity index (χ3n) is 5.81. The number of hydrogen-bond donors (Lipinski definition) is 2. The van der Waals surface area contributed by atoms with Crippen molar-refractivity contribution in [2.45, 2.75) is 31.7 Å². The number of aromatic carboxylic acids is 1. The Labute approximate surface area is 198 Å². The Kier molecular flexibility index (Phi) is 7.42. The molecule has 1 fully saturated rings. The molecule has 1 aliphatic heterocycles. The van der Waals surface area contributed by atoms with E-state index in [1.807, 2.05) is 48.5 Å². The fraction of sp³-hybridized carbons (Fsp3) is 0.320. The van der Waals surface area contributed by atoms with E-state index in [2.05, 4.69) is 9.88 Å². The Balaban J connectivity index is 1.53. The number of carboxylic acid groups (broad SMARTS) is 1. The topological polar surface area (TPSA) is 102 Å². The summed E-state index contributed by atoms with van der Waals surface area (Å²) in [4.78, 5) is 23.1. The van der Waals surface area contributed by atoms with Crippen LogP contribution < -0.4 is 15.4 Å². The number of carboxylic acids is 1. The Hall–Kier alpha value is -3.16. The number of anilines is 1. The highest BCUT2D eigenvalue weighted by Gasteiger charge is 2.29. The first-order chi connectivity index (χ1) is 16.0. The molecule has 1 aliphatic rings. The minimum atomic E-state index is -1.02. The zero-order chi connectivity index (χ0) is 23.2. The third kappa shape index (κ3) is 5.61. The van der Waals surface area contributed by atoms with Crippen molar-refractivity contribution in [3.63, 3.8) is 0 Å². The predicted molar refractivity (Wildman–Crippen MR) is 128 cm³/mol. The van der Waals surface area contributed by atoms with E-state index in [1.165, 1.54) is 6.20 Å². The van der Waals surface area contributed by atoms with Gasteiger partial charge >= 0.3 is 5.97 Å². The molecule has 0 spiro atoms. The maximum atomic E-state index is 11.8. The number of benzene rings is 2. The second kappa shape index (κ2) is 10.6. The molecule has 0 unspecified atom stereocenters. The number of hydrogen-bond acceptors (Lipinski definition) is 6. The van der Waals surface area contributed by atoms with Gasteiger partial charge in [-0.2, -0.15) is 0 Å². The van der Waals surface area contributed by atoms with E-state index in [0.29, 0.717) is 42.7 Å². The van der Waals surface area contributed by atoms with Gasteiger partial charge in [0.25, 0.3) is 0 Å². The molecule has 1 aromatic heterocycles. The van der Waals surface area contributed by atoms with E-state index in [-0.39, 0.29) is 11.6 Å². The van der Waals surface area contributed by atoms with Gasteiger partial charge in [-0.25, -0.2) is 14.8 Å². The Morgan fingerprint density at radius 2 is 1.91 bits per heavy atom. The van der Waals surface area contributed by atoms with Crippen molar-refractivity contribution in [1.29, 1.82) is 0 Å². The van der Waals surface area contributed by atoms with Crippen molar-refractivity contribution in [3.05, 3.63) is 82.1 Å². The summed E-state index contributed by atoms with van der Waals surface area (Å²) in [5.74, 6) is 0.317. The van der Waals surface area contributed by atoms with Crippen LogP contribution in [0, 0.1) is 0 Å². The summed E-state index contributed by atoms with van der Waals surface area (Å²) in [6.45, 7) is 1.76. The van der Waals surface area contributed by atoms with Gasteiger partial charge in [-0.15, -0.1) is 0 Å². The van der Waals surface area contributed by atoms with Crippen molar-refractivity contribution in [2.24, 2.45) is 5.73 Å². The van der Waals surface area contributed by atoms with Crippen LogP contribution in [-0.2, 0) is 12.8 Å². The molecule has 0 aliphatic carbocycles. The van der Waals surface area contributed by atoms with E-state index < -0.39 is 5.97 Å². The first-order valence-corrected chi connectivity index (χ1v) is 11.5. The molecular weight excluding hydrogens is 440 g/mol. The number of nitrogens with two attached hydrogens (primary N) is 1. The van der Waals surface area contributed by atoms with Gasteiger partial charge in [0.05, 0.1) is 17.3 Å². The smallest absolute Gasteiger partial charge is 0.339 e. The van der Waals surface area contributed by atoms with Crippen LogP contribution in [0.1, 0.15) is 46.1 Å². The first kappa shape index (κ1) is 23.0. The fourth-order valence-corrected chi connectivity index (χ4v) is 4.27. The molecule has 3 N–H and O–H groups in total. The Morgan fingerprint density at radius 1 is 1.15 bits per heavy atom. The minimum Gasteiger partial charge on any atom is -0.492 e. The SMILES string of the molecule is NCCOc1ccc(CCc2nc(N3CCC[C@H]3c3ccc(Cl)cc3)ncc2C(=O)O)cc1. The highest BCUT2D eigenvalue weighted by atomic mass is 35.5. The van der Waals surface area contributed by atoms with E-state index >= 15 is 0 Å². The van der Waals surface area contributed by atoms with Crippen LogP contribution in [0.4, 0.5) is 5.95 Å². The molecule has 33 heavy (non-hydrogen) atoms. The summed E-state index contributed by atoms with van der Waals surface area (Å²) < 4.78 is 5.51. The molecule has 0 saturated carbocycles. The number of carbonyl (C=O) groups is 1. The van der Waals surface area contributed by atoms with Gasteiger partial charge in [0, 0.05) is 24.3 Å². The normalized spacial score (nSPS) is 15.6. The minimum absolute atomic E-state index is 0.142. The molecule has 0 amide bonds. The maximum absolute atomic E-state index is 11.8. The number of nitrogens with zero attached hydrogens (tertiary/aromatic N) is 3. The summed E-state index contributed by atoms with van der Waals surface area (Å²) in [5, 5.41) is 10.4. The van der Waals surface area contributed by atoms with Crippen LogP contribution >= 0.6 is 11.6 Å². The van der Waals surface area contributed by atoms with Crippen LogP contribution in [0.3, 0.4) is 0 Å². The average molecular weight is 467 g/mol. The molecule has 2 aromatic carbocycles. The lowest BCUT2D eigenvalue weighted by Gasteiger charge is -2.25. The van der Waals surface area contributed by atoms with Crippen molar-refractivity contribution >= 4 is 23.5 Å². The number of rotatable bonds is 9. The monoisotopic (exact) mass is 466 g/mol. The lowest BCUT2D eigenvalue weighted by molar-refractivity contribution is 0.0694. The number of aryl methyl sites for hydroxylation is 2. The number of aromatic nitrogens is 2. The van der Waals surface area contributed by atoms with Crippen molar-refractivity contribution < 1.29 is 14.6 Å². The van der Waals surface area contributed by atoms with Crippen LogP contribution in [0.2, 0.25) is 5.02 Å². The molecule has 4 rings (SSSR count). The third-order valence-corrected chi connectivity index (χ3v) is 6.06. The highest BCUT2D eigenvalue weighted by molar-refractivity contribution is 6.30. The maximum Gasteiger partial charge on any atom is 0.339 e. The fourth-order valence-electron chi connectivity index (χ4n) is 4.14. The molecule has 0 bridgehead atoms. The van der Waals surface area contributed by atoms with E-state index in [0.717, 1.165) is 36.3 Å². The van der Waals surface area contributed by atoms with E-state index in [1.54, 1.807) is 0 Å². The molecule has 3 aromatic rings. The first-order valence-electron chi connectivity index (χ1n) is 11.1. The summed E-state index contributed by atoms with van der Waals surface area (Å²) in [5.41, 5.74) is 8.38. The molecule has 0 radical (unpaired) electrons. The molecule has 8 heteroatoms. The Bertz CT molecular complexity index is 1090. The van der Waals surface area contributed by atoms with E-state index in [9.17, 15) is 9.90 Å². The molecule has 1 atom stereocenters. The lowest BCUT2D eigenvalue weighted by Crippen LogP contribution is -2.25. The second-order valence-electron chi connectivity index (χ2n) is 8.02. The van der Waals surface area contributed by atoms with Crippen LogP contribution in [0.5, 0.6) is 5.75 Å². The predicted octanol–water partition coefficient (Wildman–Crippen LogP) is 4.29. The number of halogens is 1. The molecular formula is C25H27ClN4O3. The van der Waals surface area contributed by atoms with Gasteiger partial charge in [-0.3, -0.25) is 0 Å². The van der Waals surface area contributed by atoms with Gasteiger partial charge in [0.1, 0.15) is 12.4 Å². The summed E-state index contributed by atoms with van der Waals surface area (Å²) >= 11 is 6.05. The zero-order valence-corrected chi connectivity index (χ0v) is 19.0. The van der Waals surface area contributed by atoms with Gasteiger partial charge in [-0.1, -0.05) is 35.9 Å². The molecule has 1 saturated heterocycles. The largest absolute Gasteiger partial charge is 0.492 e. The Morgan fingerprint density at radius 3 is 2.61 bits per heavy atom. The van der Waals surface area contributed by atoms with Crippen molar-refractivity contribution in [1.82, 2.24) is 9.97 Å². The molecule has 2 heterocycles. The average Bonchev–Trinajstić information content (AvgIpc) is 3.32. The van der Waals surface area contributed by atoms with Crippen LogP contribution in [0.15, 0.2) is 54.7 Å². The van der Waals surface area contributed by atoms with Crippen LogP contribution in [-0.4, -0.2) is 40.7 Å². The standard InChI is InChI=1S/C25H27ClN4O3/c26-19-8-6-18(7-9-19)23-2-1-14-30(23)25-28-16-21(24(31)32)22(29-25)12-5-17-3-10-20(11-4-17)33-15-13-27/h3-4,6-11,16,23H,1-2,5,12-15,27H2,(H,31,32)/t23-/m0/s1. The zero-order valence-electron chi connectivity index (χ0n) is 18.3. The van der Waals surface area contributed by atoms with Crippen molar-refractivity contribution in [3.8, 4) is 5.75 Å². The van der Waals surface area contributed by atoms with E-state index in [4.69, 9.17) is 27.1 Å². The quantitative estimate of drug-likeness (QED) is 0.485. The summed E-state index contributed by atoms with van der Waals surface area (Å²) in [6.07, 6.45) is 4.60. The second-order valence-corrected chi connectivity index (χ2v) is 8.46. The highest BCUT2D eigenvalue weighted by Crippen LogP contribution is 2.35.